The highest BCUT2D eigenvalue weighted by Gasteiger charge is 2.26. The van der Waals surface area contributed by atoms with Crippen LogP contribution in [0.25, 0.3) is 11.6 Å². The van der Waals surface area contributed by atoms with Gasteiger partial charge in [-0.2, -0.15) is 10.4 Å². The molecule has 1 N–H and O–H groups in total. The maximum atomic E-state index is 12.7. The highest BCUT2D eigenvalue weighted by molar-refractivity contribution is 5.98. The van der Waals surface area contributed by atoms with Crippen molar-refractivity contribution in [1.82, 2.24) is 14.3 Å². The monoisotopic (exact) mass is 443 g/mol. The first-order valence-electron chi connectivity index (χ1n) is 10.2. The number of nitriles is 1. The number of ether oxygens (including phenoxy) is 1. The molecule has 3 heterocycles. The second-order valence-electron chi connectivity index (χ2n) is 7.33. The maximum absolute atomic E-state index is 12.7. The van der Waals surface area contributed by atoms with Gasteiger partial charge in [0.25, 0.3) is 5.91 Å². The van der Waals surface area contributed by atoms with Crippen LogP contribution in [-0.4, -0.2) is 32.8 Å². The summed E-state index contributed by atoms with van der Waals surface area (Å²) < 4.78 is 14.1. The number of hydrogen-bond donors (Lipinski definition) is 1. The summed E-state index contributed by atoms with van der Waals surface area (Å²) in [5, 5.41) is 16.8. The summed E-state index contributed by atoms with van der Waals surface area (Å²) in [5.74, 6) is -0.880. The van der Waals surface area contributed by atoms with Crippen molar-refractivity contribution in [2.24, 2.45) is 0 Å². The van der Waals surface area contributed by atoms with Gasteiger partial charge in [-0.05, 0) is 45.0 Å². The Morgan fingerprint density at radius 2 is 1.82 bits per heavy atom. The Balaban J connectivity index is 1.47. The number of rotatable bonds is 6. The van der Waals surface area contributed by atoms with Crippen LogP contribution in [-0.2, 0) is 9.53 Å². The number of furan rings is 1. The predicted molar refractivity (Wildman–Crippen MR) is 119 cm³/mol. The highest BCUT2D eigenvalue weighted by Crippen LogP contribution is 2.26. The van der Waals surface area contributed by atoms with E-state index in [0.717, 1.165) is 11.4 Å². The third kappa shape index (κ3) is 4.14. The molecule has 166 valence electrons. The molecular weight excluding hydrogens is 422 g/mol. The number of aromatic nitrogens is 3. The fourth-order valence-electron chi connectivity index (χ4n) is 3.55. The van der Waals surface area contributed by atoms with Crippen LogP contribution in [0.2, 0.25) is 0 Å². The summed E-state index contributed by atoms with van der Waals surface area (Å²) in [7, 11) is 0. The van der Waals surface area contributed by atoms with Gasteiger partial charge in [0.1, 0.15) is 23.0 Å². The molecule has 0 saturated carbocycles. The zero-order valence-electron chi connectivity index (χ0n) is 18.3. The quantitative estimate of drug-likeness (QED) is 0.453. The SMILES string of the molecule is Cc1nn(-c2ccccc2)c(C)c1NC(=O)COC(=O)c1c(C)oc(-n2cccc2)c1C#N. The Morgan fingerprint density at radius 3 is 2.48 bits per heavy atom. The van der Waals surface area contributed by atoms with Crippen LogP contribution in [0.4, 0.5) is 5.69 Å². The molecule has 1 amide bonds. The van der Waals surface area contributed by atoms with Gasteiger partial charge in [0.2, 0.25) is 5.88 Å². The molecule has 1 aromatic carbocycles. The molecule has 0 bridgehead atoms. The predicted octanol–water partition coefficient (Wildman–Crippen LogP) is 3.85. The minimum Gasteiger partial charge on any atom is -0.452 e. The van der Waals surface area contributed by atoms with E-state index in [2.05, 4.69) is 10.4 Å². The number of esters is 1. The van der Waals surface area contributed by atoms with Crippen LogP contribution < -0.4 is 5.32 Å². The maximum Gasteiger partial charge on any atom is 0.343 e. The van der Waals surface area contributed by atoms with Crippen molar-refractivity contribution in [3.63, 3.8) is 0 Å². The molecule has 0 aliphatic rings. The summed E-state index contributed by atoms with van der Waals surface area (Å²) in [6.07, 6.45) is 3.39. The number of hydrogen-bond acceptors (Lipinski definition) is 6. The van der Waals surface area contributed by atoms with Gasteiger partial charge in [-0.15, -0.1) is 0 Å². The van der Waals surface area contributed by atoms with Crippen molar-refractivity contribution in [3.8, 4) is 17.6 Å². The molecule has 9 heteroatoms. The fourth-order valence-corrected chi connectivity index (χ4v) is 3.55. The van der Waals surface area contributed by atoms with Crippen LogP contribution in [0.3, 0.4) is 0 Å². The standard InChI is InChI=1S/C24H21N5O4/c1-15-22(16(2)29(27-15)18-9-5-4-6-10-18)26-20(30)14-32-24(31)21-17(3)33-23(19(21)13-25)28-11-7-8-12-28/h4-12H,14H2,1-3H3,(H,26,30). The normalized spacial score (nSPS) is 10.6. The molecule has 3 aromatic heterocycles. The Bertz CT molecular complexity index is 1360. The Morgan fingerprint density at radius 1 is 1.12 bits per heavy atom. The summed E-state index contributed by atoms with van der Waals surface area (Å²) >= 11 is 0. The van der Waals surface area contributed by atoms with Crippen molar-refractivity contribution < 1.29 is 18.7 Å². The van der Waals surface area contributed by atoms with Gasteiger partial charge in [-0.3, -0.25) is 9.36 Å². The van der Waals surface area contributed by atoms with Crippen LogP contribution >= 0.6 is 0 Å². The van der Waals surface area contributed by atoms with Crippen molar-refractivity contribution in [3.05, 3.63) is 83.1 Å². The molecule has 0 unspecified atom stereocenters. The summed E-state index contributed by atoms with van der Waals surface area (Å²) in [6.45, 7) is 4.66. The minimum atomic E-state index is -0.810. The lowest BCUT2D eigenvalue weighted by molar-refractivity contribution is -0.119. The highest BCUT2D eigenvalue weighted by atomic mass is 16.5. The lowest BCUT2D eigenvalue weighted by Crippen LogP contribution is -2.22. The zero-order valence-corrected chi connectivity index (χ0v) is 18.3. The number of amides is 1. The molecule has 33 heavy (non-hydrogen) atoms. The molecule has 0 radical (unpaired) electrons. The van der Waals surface area contributed by atoms with E-state index in [1.807, 2.05) is 43.3 Å². The number of para-hydroxylation sites is 1. The zero-order chi connectivity index (χ0) is 23.5. The molecule has 4 rings (SSSR count). The third-order valence-corrected chi connectivity index (χ3v) is 5.11. The van der Waals surface area contributed by atoms with Crippen LogP contribution in [0.15, 0.2) is 59.3 Å². The minimum absolute atomic E-state index is 0.00161. The number of anilines is 1. The molecule has 0 saturated heterocycles. The molecule has 0 fully saturated rings. The number of aryl methyl sites for hydroxylation is 2. The first-order valence-corrected chi connectivity index (χ1v) is 10.2. The molecular formula is C24H21N5O4. The molecule has 4 aromatic rings. The van der Waals surface area contributed by atoms with Crippen molar-refractivity contribution in [2.45, 2.75) is 20.8 Å². The summed E-state index contributed by atoms with van der Waals surface area (Å²) in [4.78, 5) is 25.2. The molecule has 9 nitrogen and oxygen atoms in total. The lowest BCUT2D eigenvalue weighted by atomic mass is 10.1. The Labute approximate surface area is 189 Å². The van der Waals surface area contributed by atoms with E-state index in [1.54, 1.807) is 47.6 Å². The van der Waals surface area contributed by atoms with Crippen molar-refractivity contribution in [2.75, 3.05) is 11.9 Å². The van der Waals surface area contributed by atoms with E-state index in [4.69, 9.17) is 9.15 Å². The molecule has 0 aliphatic heterocycles. The van der Waals surface area contributed by atoms with E-state index in [9.17, 15) is 14.9 Å². The van der Waals surface area contributed by atoms with Gasteiger partial charge in [0, 0.05) is 12.4 Å². The molecule has 0 aliphatic carbocycles. The van der Waals surface area contributed by atoms with Gasteiger partial charge in [-0.1, -0.05) is 18.2 Å². The molecule has 0 spiro atoms. The molecule has 0 atom stereocenters. The third-order valence-electron chi connectivity index (χ3n) is 5.11. The number of nitrogens with zero attached hydrogens (tertiary/aromatic N) is 4. The fraction of sp³-hybridized carbons (Fsp3) is 0.167. The first-order chi connectivity index (χ1) is 15.9. The Kier molecular flexibility index (Phi) is 5.83. The summed E-state index contributed by atoms with van der Waals surface area (Å²) in [5.41, 5.74) is 2.83. The van der Waals surface area contributed by atoms with Gasteiger partial charge in [0.05, 0.1) is 22.8 Å². The summed E-state index contributed by atoms with van der Waals surface area (Å²) in [6, 6.07) is 15.1. The van der Waals surface area contributed by atoms with Gasteiger partial charge >= 0.3 is 5.97 Å². The van der Waals surface area contributed by atoms with E-state index in [-0.39, 0.29) is 22.8 Å². The average Bonchev–Trinajstić information content (AvgIpc) is 3.52. The largest absolute Gasteiger partial charge is 0.452 e. The number of benzene rings is 1. The van der Waals surface area contributed by atoms with Gasteiger partial charge in [-0.25, -0.2) is 9.48 Å². The van der Waals surface area contributed by atoms with E-state index in [1.165, 1.54) is 0 Å². The average molecular weight is 443 g/mol. The van der Waals surface area contributed by atoms with E-state index in [0.29, 0.717) is 11.4 Å². The second-order valence-corrected chi connectivity index (χ2v) is 7.33. The van der Waals surface area contributed by atoms with Crippen LogP contribution in [0, 0.1) is 32.1 Å². The smallest absolute Gasteiger partial charge is 0.343 e. The van der Waals surface area contributed by atoms with Gasteiger partial charge in [0.15, 0.2) is 6.61 Å². The van der Waals surface area contributed by atoms with E-state index >= 15 is 0 Å². The Hall–Kier alpha value is -4.58. The van der Waals surface area contributed by atoms with E-state index < -0.39 is 18.5 Å². The second kappa shape index (κ2) is 8.88. The first kappa shape index (κ1) is 21.6. The lowest BCUT2D eigenvalue weighted by Gasteiger charge is -2.08. The number of carbonyl (C=O) groups excluding carboxylic acids is 2. The van der Waals surface area contributed by atoms with Gasteiger partial charge < -0.3 is 14.5 Å². The number of carbonyl (C=O) groups is 2. The number of nitrogens with one attached hydrogen (secondary N) is 1. The van der Waals surface area contributed by atoms with Crippen LogP contribution in [0.1, 0.15) is 33.1 Å². The van der Waals surface area contributed by atoms with Crippen molar-refractivity contribution >= 4 is 17.6 Å². The topological polar surface area (TPSA) is 115 Å². The van der Waals surface area contributed by atoms with Crippen LogP contribution in [0.5, 0.6) is 0 Å². The van der Waals surface area contributed by atoms with Crippen molar-refractivity contribution in [1.29, 1.82) is 5.26 Å².